The second-order valence-corrected chi connectivity index (χ2v) is 3.06. The third kappa shape index (κ3) is 6.65. The molecule has 20 heavy (non-hydrogen) atoms. The fraction of sp³-hybridized carbons (Fsp3) is 0. The summed E-state index contributed by atoms with van der Waals surface area (Å²) in [6.45, 7) is 0. The summed E-state index contributed by atoms with van der Waals surface area (Å²) < 4.78 is 10.0. The molecule has 0 aliphatic rings. The Balaban J connectivity index is -0.000000280. The molecule has 2 rings (SSSR count). The Morgan fingerprint density at radius 1 is 1.15 bits per heavy atom. The summed E-state index contributed by atoms with van der Waals surface area (Å²) in [4.78, 5) is 7.65. The number of nitrogens with two attached hydrogens (primary N) is 4. The SMILES string of the molecule is N#Cc1ccccn1.N/N=C(\N)c1ccccn1.NN.[3HH].[3H][3H]. The maximum Gasteiger partial charge on any atom is 0.168 e. The molecule has 0 aliphatic heterocycles. The number of hydrogen-bond acceptors (Lipinski definition) is 7. The Labute approximate surface area is 121 Å². The number of amidine groups is 1. The molecule has 0 saturated heterocycles. The topological polar surface area (TPSA) is 166 Å². The van der Waals surface area contributed by atoms with Gasteiger partial charge < -0.3 is 11.6 Å². The van der Waals surface area contributed by atoms with Gasteiger partial charge in [-0.25, -0.2) is 4.98 Å². The quantitative estimate of drug-likeness (QED) is 0.245. The second-order valence-electron chi connectivity index (χ2n) is 3.06. The minimum Gasteiger partial charge on any atom is -0.380 e. The summed E-state index contributed by atoms with van der Waals surface area (Å²) >= 11 is 0. The Kier molecular flexibility index (Phi) is 8.34. The van der Waals surface area contributed by atoms with Gasteiger partial charge in [0.05, 0.1) is 0 Å². The molecule has 0 atom stereocenters. The van der Waals surface area contributed by atoms with Gasteiger partial charge in [0, 0.05) is 16.8 Å². The van der Waals surface area contributed by atoms with Crippen molar-refractivity contribution in [3.05, 3.63) is 60.2 Å². The van der Waals surface area contributed by atoms with Crippen LogP contribution in [0.4, 0.5) is 0 Å². The zero-order chi connectivity index (χ0) is 17.2. The van der Waals surface area contributed by atoms with Crippen molar-refractivity contribution in [1.29, 1.82) is 5.26 Å². The van der Waals surface area contributed by atoms with E-state index in [1.54, 1.807) is 42.7 Å². The molecule has 8 N–H and O–H groups in total. The third-order valence-corrected chi connectivity index (χ3v) is 1.85. The molecule has 0 aromatic carbocycles. The molecule has 0 fully saturated rings. The van der Waals surface area contributed by atoms with Crippen molar-refractivity contribution in [2.24, 2.45) is 28.4 Å². The fourth-order valence-corrected chi connectivity index (χ4v) is 1.01. The molecule has 0 saturated carbocycles. The van der Waals surface area contributed by atoms with E-state index in [0.29, 0.717) is 11.4 Å². The zero-order valence-electron chi connectivity index (χ0n) is 12.7. The van der Waals surface area contributed by atoms with Gasteiger partial charge >= 0.3 is 0 Å². The van der Waals surface area contributed by atoms with E-state index in [-0.39, 0.29) is 7.26 Å². The van der Waals surface area contributed by atoms with E-state index < -0.39 is 0 Å². The van der Waals surface area contributed by atoms with E-state index in [1.807, 2.05) is 12.1 Å². The first kappa shape index (κ1) is 15.0. The van der Waals surface area contributed by atoms with Crippen LogP contribution in [0.15, 0.2) is 53.9 Å². The summed E-state index contributed by atoms with van der Waals surface area (Å²) in [7, 11) is 0. The normalized spacial score (nSPS) is 9.55. The molecule has 0 unspecified atom stereocenters. The molecular weight excluding hydrogens is 256 g/mol. The highest BCUT2D eigenvalue weighted by molar-refractivity contribution is 5.95. The molecule has 8 nitrogen and oxygen atoms in total. The van der Waals surface area contributed by atoms with Crippen LogP contribution in [-0.2, 0) is 0 Å². The van der Waals surface area contributed by atoms with Crippen molar-refractivity contribution in [1.82, 2.24) is 9.97 Å². The van der Waals surface area contributed by atoms with E-state index >= 15 is 0 Å². The van der Waals surface area contributed by atoms with Crippen molar-refractivity contribution >= 4 is 5.84 Å². The molecule has 8 heteroatoms. The van der Waals surface area contributed by atoms with Gasteiger partial charge in [-0.15, -0.1) is 0 Å². The average Bonchev–Trinajstić information content (AvgIpc) is 2.66. The van der Waals surface area contributed by atoms with Crippen molar-refractivity contribution in [2.75, 3.05) is 0 Å². The van der Waals surface area contributed by atoms with Crippen LogP contribution in [0.1, 0.15) is 15.8 Å². The molecular formula is C12H20N8. The van der Waals surface area contributed by atoms with Crippen molar-refractivity contribution in [3.8, 4) is 6.07 Å². The summed E-state index contributed by atoms with van der Waals surface area (Å²) in [6, 6.07) is 12.5. The Hall–Kier alpha value is -3.02. The first-order valence-electron chi connectivity index (χ1n) is 6.37. The molecule has 2 heterocycles. The van der Waals surface area contributed by atoms with Crippen molar-refractivity contribution in [3.63, 3.8) is 0 Å². The molecule has 108 valence electrons. The monoisotopic (exact) mass is 282 g/mol. The molecule has 2 aromatic rings. The minimum atomic E-state index is 0. The van der Waals surface area contributed by atoms with Crippen LogP contribution in [0, 0.1) is 11.3 Å². The lowest BCUT2D eigenvalue weighted by atomic mass is 10.3. The van der Waals surface area contributed by atoms with Crippen LogP contribution < -0.4 is 23.3 Å². The molecule has 0 bridgehead atoms. The summed E-state index contributed by atoms with van der Waals surface area (Å²) in [5, 5.41) is 11.5. The molecule has 0 aliphatic carbocycles. The lowest BCUT2D eigenvalue weighted by molar-refractivity contribution is 1.19. The minimum absolute atomic E-state index is 0. The number of hydrazine groups is 1. The van der Waals surface area contributed by atoms with E-state index in [1.165, 1.54) is 0 Å². The highest BCUT2D eigenvalue weighted by atomic mass is 15.2. The first-order chi connectivity index (χ1) is 10.8. The Morgan fingerprint density at radius 2 is 1.75 bits per heavy atom. The molecule has 0 radical (unpaired) electrons. The van der Waals surface area contributed by atoms with E-state index in [9.17, 15) is 0 Å². The standard InChI is InChI=1S/C6H8N4.C6H4N2.H4N2.2H2/c7-6(10-8)5-3-1-2-4-9-5;7-5-6-3-1-2-4-8-6;1-2;;/h1-4H,8H2,(H2,7,10);1-4H;1-2H2;2*1H/i;;;1+2T;1+2. The zero-order valence-corrected chi connectivity index (χ0v) is 10.7. The van der Waals surface area contributed by atoms with Crippen LogP contribution in [0.25, 0.3) is 0 Å². The third-order valence-electron chi connectivity index (χ3n) is 1.85. The van der Waals surface area contributed by atoms with Crippen LogP contribution >= 0.6 is 0 Å². The number of nitriles is 1. The van der Waals surface area contributed by atoms with Crippen LogP contribution in [0.3, 0.4) is 0 Å². The van der Waals surface area contributed by atoms with Crippen LogP contribution in [-0.4, -0.2) is 15.8 Å². The van der Waals surface area contributed by atoms with Gasteiger partial charge in [0.25, 0.3) is 0 Å². The molecule has 2 aromatic heterocycles. The summed E-state index contributed by atoms with van der Waals surface area (Å²) in [5.74, 6) is 13.2. The van der Waals surface area contributed by atoms with Gasteiger partial charge in [0.1, 0.15) is 17.5 Å². The Bertz CT molecular complexity index is 545. The van der Waals surface area contributed by atoms with Gasteiger partial charge in [0.2, 0.25) is 0 Å². The van der Waals surface area contributed by atoms with Crippen molar-refractivity contribution < 1.29 is 4.40 Å². The Morgan fingerprint density at radius 3 is 2.10 bits per heavy atom. The average molecular weight is 282 g/mol. The number of hydrogen-bond donors (Lipinski definition) is 4. The fourth-order valence-electron chi connectivity index (χ4n) is 1.01. The maximum atomic E-state index is 8.23. The number of nitrogens with zero attached hydrogens (tertiary/aromatic N) is 4. The smallest absolute Gasteiger partial charge is 0.168 e. The highest BCUT2D eigenvalue weighted by Gasteiger charge is 1.94. The predicted octanol–water partition coefficient (Wildman–Crippen LogP) is -0.0753. The lowest BCUT2D eigenvalue weighted by Gasteiger charge is -1.94. The molecule has 0 spiro atoms. The van der Waals surface area contributed by atoms with Crippen molar-refractivity contribution in [2.45, 2.75) is 0 Å². The maximum absolute atomic E-state index is 8.23. The number of hydrazone groups is 1. The van der Waals surface area contributed by atoms with Crippen LogP contribution in [0.5, 0.6) is 0 Å². The summed E-state index contributed by atoms with van der Waals surface area (Å²) in [5.41, 5.74) is 6.42. The van der Waals surface area contributed by atoms with E-state index in [4.69, 9.17) is 19.8 Å². The summed E-state index contributed by atoms with van der Waals surface area (Å²) in [6.07, 6.45) is 3.23. The van der Waals surface area contributed by atoms with Gasteiger partial charge in [-0.3, -0.25) is 16.7 Å². The van der Waals surface area contributed by atoms with Gasteiger partial charge in [-0.1, -0.05) is 12.1 Å². The highest BCUT2D eigenvalue weighted by Crippen LogP contribution is 1.90. The molecule has 0 amide bonds. The lowest BCUT2D eigenvalue weighted by Crippen LogP contribution is -2.16. The number of pyridine rings is 2. The number of aromatic nitrogens is 2. The van der Waals surface area contributed by atoms with Gasteiger partial charge in [-0.05, 0) is 24.3 Å². The first-order valence-corrected chi connectivity index (χ1v) is 5.37. The second kappa shape index (κ2) is 11.1. The predicted molar refractivity (Wildman–Crippen MR) is 80.7 cm³/mol. The largest absolute Gasteiger partial charge is 0.380 e. The van der Waals surface area contributed by atoms with E-state index in [2.05, 4.69) is 26.8 Å². The van der Waals surface area contributed by atoms with Gasteiger partial charge in [0.15, 0.2) is 5.84 Å². The van der Waals surface area contributed by atoms with Crippen LogP contribution in [0.2, 0.25) is 0 Å². The van der Waals surface area contributed by atoms with Gasteiger partial charge in [-0.2, -0.15) is 10.4 Å². The van der Waals surface area contributed by atoms with E-state index in [0.717, 1.165) is 0 Å². The number of rotatable bonds is 1.